The van der Waals surface area contributed by atoms with E-state index < -0.39 is 5.54 Å². The zero-order chi connectivity index (χ0) is 14.3. The fourth-order valence-corrected chi connectivity index (χ4v) is 4.04. The topological polar surface area (TPSA) is 64.4 Å². The lowest BCUT2D eigenvalue weighted by molar-refractivity contribution is -0.128. The summed E-state index contributed by atoms with van der Waals surface area (Å²) in [6.45, 7) is 10.1. The first-order valence-corrected chi connectivity index (χ1v) is 7.30. The van der Waals surface area contributed by atoms with E-state index in [0.29, 0.717) is 19.6 Å². The number of hydrogen-bond donors (Lipinski definition) is 2. The van der Waals surface area contributed by atoms with E-state index >= 15 is 0 Å². The Morgan fingerprint density at radius 1 is 1.21 bits per heavy atom. The van der Waals surface area contributed by atoms with Crippen LogP contribution >= 0.6 is 0 Å². The first-order valence-electron chi connectivity index (χ1n) is 7.30. The second kappa shape index (κ2) is 4.74. The van der Waals surface area contributed by atoms with Crippen LogP contribution < -0.4 is 11.1 Å². The fraction of sp³-hybridized carbons (Fsp3) is 0.933. The molecule has 0 aromatic heterocycles. The summed E-state index contributed by atoms with van der Waals surface area (Å²) >= 11 is 0. The Balaban J connectivity index is 2.00. The molecule has 1 unspecified atom stereocenters. The van der Waals surface area contributed by atoms with Gasteiger partial charge in [0.05, 0.1) is 6.61 Å². The Bertz CT molecular complexity index is 341. The lowest BCUT2D eigenvalue weighted by atomic mass is 9.63. The molecule has 1 amide bonds. The van der Waals surface area contributed by atoms with Crippen molar-refractivity contribution in [3.05, 3.63) is 0 Å². The molecule has 0 bridgehead atoms. The van der Waals surface area contributed by atoms with Crippen LogP contribution in [0.4, 0.5) is 0 Å². The predicted molar refractivity (Wildman–Crippen MR) is 75.7 cm³/mol. The Hall–Kier alpha value is -0.610. The molecule has 0 aromatic rings. The molecule has 0 radical (unpaired) electrons. The van der Waals surface area contributed by atoms with Gasteiger partial charge in [-0.25, -0.2) is 0 Å². The average molecular weight is 268 g/mol. The smallest absolute Gasteiger partial charge is 0.242 e. The molecular weight excluding hydrogens is 240 g/mol. The maximum atomic E-state index is 12.3. The van der Waals surface area contributed by atoms with E-state index in [1.54, 1.807) is 0 Å². The van der Waals surface area contributed by atoms with Crippen molar-refractivity contribution in [2.75, 3.05) is 13.2 Å². The van der Waals surface area contributed by atoms with Crippen molar-refractivity contribution >= 4 is 5.91 Å². The van der Waals surface area contributed by atoms with E-state index in [4.69, 9.17) is 10.5 Å². The van der Waals surface area contributed by atoms with Gasteiger partial charge in [0.2, 0.25) is 5.91 Å². The normalized spacial score (nSPS) is 34.2. The van der Waals surface area contributed by atoms with E-state index in [2.05, 4.69) is 33.0 Å². The quantitative estimate of drug-likeness (QED) is 0.803. The minimum absolute atomic E-state index is 0.0384. The van der Waals surface area contributed by atoms with Crippen LogP contribution in [0, 0.1) is 10.8 Å². The SMILES string of the molecule is CC1(C)CC(NC(=O)C2(N)CCOC2)CC(C)(C)C1. The molecular formula is C15H28N2O2. The van der Waals surface area contributed by atoms with Gasteiger partial charge in [0.15, 0.2) is 0 Å². The molecule has 110 valence electrons. The Morgan fingerprint density at radius 2 is 1.79 bits per heavy atom. The minimum atomic E-state index is -0.814. The van der Waals surface area contributed by atoms with Crippen LogP contribution in [0.1, 0.15) is 53.4 Å². The molecule has 1 atom stereocenters. The monoisotopic (exact) mass is 268 g/mol. The zero-order valence-corrected chi connectivity index (χ0v) is 12.7. The lowest BCUT2D eigenvalue weighted by Crippen LogP contribution is -2.58. The summed E-state index contributed by atoms with van der Waals surface area (Å²) in [5.41, 5.74) is 5.85. The van der Waals surface area contributed by atoms with Gasteiger partial charge in [0.1, 0.15) is 5.54 Å². The lowest BCUT2D eigenvalue weighted by Gasteiger charge is -2.45. The summed E-state index contributed by atoms with van der Waals surface area (Å²) in [6, 6.07) is 0.229. The van der Waals surface area contributed by atoms with Crippen molar-refractivity contribution in [3.63, 3.8) is 0 Å². The number of carbonyl (C=O) groups is 1. The van der Waals surface area contributed by atoms with Gasteiger partial charge in [-0.2, -0.15) is 0 Å². The van der Waals surface area contributed by atoms with Crippen molar-refractivity contribution in [2.24, 2.45) is 16.6 Å². The first kappa shape index (κ1) is 14.8. The Labute approximate surface area is 116 Å². The molecule has 2 aliphatic rings. The highest BCUT2D eigenvalue weighted by Crippen LogP contribution is 2.45. The number of amides is 1. The number of rotatable bonds is 2. The standard InChI is InChI=1S/C15H28N2O2/c1-13(2)7-11(8-14(3,4)9-13)17-12(18)15(16)5-6-19-10-15/h11H,5-10,16H2,1-4H3,(H,17,18). The molecule has 1 saturated heterocycles. The van der Waals surface area contributed by atoms with Crippen LogP contribution in [-0.4, -0.2) is 30.7 Å². The number of carbonyl (C=O) groups excluding carboxylic acids is 1. The molecule has 1 saturated carbocycles. The molecule has 2 fully saturated rings. The second-order valence-corrected chi connectivity index (χ2v) is 8.04. The van der Waals surface area contributed by atoms with Crippen LogP contribution in [0.3, 0.4) is 0 Å². The maximum absolute atomic E-state index is 12.3. The van der Waals surface area contributed by atoms with Crippen LogP contribution in [0.15, 0.2) is 0 Å². The summed E-state index contributed by atoms with van der Waals surface area (Å²) in [6.07, 6.45) is 3.87. The van der Waals surface area contributed by atoms with Crippen LogP contribution in [0.2, 0.25) is 0 Å². The van der Waals surface area contributed by atoms with Gasteiger partial charge in [-0.05, 0) is 36.5 Å². The largest absolute Gasteiger partial charge is 0.379 e. The second-order valence-electron chi connectivity index (χ2n) is 8.04. The molecule has 3 N–H and O–H groups in total. The predicted octanol–water partition coefficient (Wildman–Crippen LogP) is 1.83. The molecule has 1 aliphatic heterocycles. The third kappa shape index (κ3) is 3.48. The highest BCUT2D eigenvalue weighted by atomic mass is 16.5. The van der Waals surface area contributed by atoms with Crippen molar-refractivity contribution in [2.45, 2.75) is 65.0 Å². The summed E-state index contributed by atoms with van der Waals surface area (Å²) < 4.78 is 5.27. The molecule has 4 heteroatoms. The van der Waals surface area contributed by atoms with E-state index in [9.17, 15) is 4.79 Å². The van der Waals surface area contributed by atoms with Crippen LogP contribution in [0.5, 0.6) is 0 Å². The Morgan fingerprint density at radius 3 is 2.26 bits per heavy atom. The average Bonchev–Trinajstić information content (AvgIpc) is 2.61. The number of nitrogens with one attached hydrogen (secondary N) is 1. The van der Waals surface area contributed by atoms with E-state index in [0.717, 1.165) is 12.8 Å². The Kier molecular flexibility index (Phi) is 3.69. The van der Waals surface area contributed by atoms with Gasteiger partial charge in [0, 0.05) is 12.6 Å². The maximum Gasteiger partial charge on any atom is 0.242 e. The zero-order valence-electron chi connectivity index (χ0n) is 12.7. The van der Waals surface area contributed by atoms with E-state index in [1.165, 1.54) is 6.42 Å². The van der Waals surface area contributed by atoms with E-state index in [-0.39, 0.29) is 22.8 Å². The minimum Gasteiger partial charge on any atom is -0.379 e. The summed E-state index contributed by atoms with van der Waals surface area (Å²) in [4.78, 5) is 12.3. The van der Waals surface area contributed by atoms with Crippen LogP contribution in [0.25, 0.3) is 0 Å². The van der Waals surface area contributed by atoms with Crippen molar-refractivity contribution < 1.29 is 9.53 Å². The van der Waals surface area contributed by atoms with Crippen LogP contribution in [-0.2, 0) is 9.53 Å². The van der Waals surface area contributed by atoms with Crippen molar-refractivity contribution in [1.29, 1.82) is 0 Å². The van der Waals surface area contributed by atoms with Crippen molar-refractivity contribution in [3.8, 4) is 0 Å². The van der Waals surface area contributed by atoms with Gasteiger partial charge in [0.25, 0.3) is 0 Å². The number of nitrogens with two attached hydrogens (primary N) is 1. The molecule has 1 heterocycles. The molecule has 0 aromatic carbocycles. The third-order valence-corrected chi connectivity index (χ3v) is 4.39. The first-order chi connectivity index (χ1) is 8.62. The van der Waals surface area contributed by atoms with Gasteiger partial charge in [-0.1, -0.05) is 27.7 Å². The van der Waals surface area contributed by atoms with Gasteiger partial charge in [-0.15, -0.1) is 0 Å². The molecule has 19 heavy (non-hydrogen) atoms. The van der Waals surface area contributed by atoms with E-state index in [1.807, 2.05) is 0 Å². The summed E-state index contributed by atoms with van der Waals surface area (Å²) in [5.74, 6) is -0.0384. The third-order valence-electron chi connectivity index (χ3n) is 4.39. The van der Waals surface area contributed by atoms with Crippen molar-refractivity contribution in [1.82, 2.24) is 5.32 Å². The molecule has 4 nitrogen and oxygen atoms in total. The highest BCUT2D eigenvalue weighted by Gasteiger charge is 2.43. The van der Waals surface area contributed by atoms with Gasteiger partial charge >= 0.3 is 0 Å². The fourth-order valence-electron chi connectivity index (χ4n) is 4.04. The highest BCUT2D eigenvalue weighted by molar-refractivity contribution is 5.86. The molecule has 0 spiro atoms. The summed E-state index contributed by atoms with van der Waals surface area (Å²) in [5, 5.41) is 3.17. The molecule has 1 aliphatic carbocycles. The van der Waals surface area contributed by atoms with Gasteiger partial charge < -0.3 is 15.8 Å². The number of hydrogen-bond acceptors (Lipinski definition) is 3. The number of ether oxygens (including phenoxy) is 1. The molecule has 2 rings (SSSR count). The summed E-state index contributed by atoms with van der Waals surface area (Å²) in [7, 11) is 0. The van der Waals surface area contributed by atoms with Gasteiger partial charge in [-0.3, -0.25) is 4.79 Å².